The van der Waals surface area contributed by atoms with Crippen LogP contribution in [0.4, 0.5) is 11.4 Å². The van der Waals surface area contributed by atoms with E-state index in [4.69, 9.17) is 0 Å². The number of H-pyrrole nitrogens is 1. The van der Waals surface area contributed by atoms with Crippen molar-refractivity contribution in [1.82, 2.24) is 4.98 Å². The monoisotopic (exact) mass is 347 g/mol. The van der Waals surface area contributed by atoms with E-state index < -0.39 is 0 Å². The summed E-state index contributed by atoms with van der Waals surface area (Å²) in [4.78, 5) is 39.3. The van der Waals surface area contributed by atoms with Gasteiger partial charge in [-0.2, -0.15) is 0 Å². The topological polar surface area (TPSA) is 91.1 Å². The van der Waals surface area contributed by atoms with Crippen LogP contribution < -0.4 is 16.1 Å². The Morgan fingerprint density at radius 1 is 1.04 bits per heavy atom. The molecule has 6 nitrogen and oxygen atoms in total. The zero-order valence-corrected chi connectivity index (χ0v) is 14.2. The highest BCUT2D eigenvalue weighted by Gasteiger charge is 2.17. The fraction of sp³-hybridized carbons (Fsp3) is 0.150. The number of carbonyl (C=O) groups excluding carboxylic acids is 2. The quantitative estimate of drug-likeness (QED) is 0.665. The molecule has 0 spiro atoms. The van der Waals surface area contributed by atoms with Crippen molar-refractivity contribution >= 4 is 34.1 Å². The number of nitrogens with one attached hydrogen (secondary N) is 3. The van der Waals surface area contributed by atoms with Gasteiger partial charge < -0.3 is 15.6 Å². The summed E-state index contributed by atoms with van der Waals surface area (Å²) >= 11 is 0. The van der Waals surface area contributed by atoms with Crippen molar-refractivity contribution in [2.24, 2.45) is 0 Å². The van der Waals surface area contributed by atoms with Gasteiger partial charge in [-0.15, -0.1) is 0 Å². The highest BCUT2D eigenvalue weighted by Crippen LogP contribution is 2.24. The number of aromatic amines is 1. The van der Waals surface area contributed by atoms with Crippen LogP contribution in [0, 0.1) is 6.92 Å². The van der Waals surface area contributed by atoms with Gasteiger partial charge in [-0.3, -0.25) is 14.4 Å². The predicted molar refractivity (Wildman–Crippen MR) is 101 cm³/mol. The van der Waals surface area contributed by atoms with E-state index in [9.17, 15) is 14.4 Å². The molecule has 1 aliphatic heterocycles. The van der Waals surface area contributed by atoms with Crippen molar-refractivity contribution in [2.75, 3.05) is 10.6 Å². The van der Waals surface area contributed by atoms with Gasteiger partial charge >= 0.3 is 0 Å². The second-order valence-corrected chi connectivity index (χ2v) is 6.45. The van der Waals surface area contributed by atoms with Crippen LogP contribution in [0.2, 0.25) is 0 Å². The largest absolute Gasteiger partial charge is 0.358 e. The lowest BCUT2D eigenvalue weighted by Crippen LogP contribution is -2.20. The van der Waals surface area contributed by atoms with Gasteiger partial charge in [0.1, 0.15) is 0 Å². The smallest absolute Gasteiger partial charge is 0.255 e. The summed E-state index contributed by atoms with van der Waals surface area (Å²) in [5.74, 6) is -0.338. The Morgan fingerprint density at radius 2 is 1.88 bits per heavy atom. The molecule has 3 aromatic rings. The molecule has 0 radical (unpaired) electrons. The molecule has 0 saturated carbocycles. The maximum absolute atomic E-state index is 12.5. The molecule has 0 atom stereocenters. The molecule has 2 amide bonds. The molecule has 130 valence electrons. The first kappa shape index (κ1) is 16.1. The number of hydrogen-bond acceptors (Lipinski definition) is 3. The highest BCUT2D eigenvalue weighted by atomic mass is 16.2. The summed E-state index contributed by atoms with van der Waals surface area (Å²) in [5.41, 5.74) is 4.11. The first-order chi connectivity index (χ1) is 12.5. The van der Waals surface area contributed by atoms with Crippen LogP contribution in [0.5, 0.6) is 0 Å². The molecule has 4 rings (SSSR count). The van der Waals surface area contributed by atoms with Gasteiger partial charge in [-0.25, -0.2) is 0 Å². The van der Waals surface area contributed by atoms with E-state index in [1.54, 1.807) is 30.3 Å². The zero-order chi connectivity index (χ0) is 18.3. The SMILES string of the molecule is Cc1cc(=O)c2cc(NC(=O)c3ccc4c(c3)NC(=O)CC4)ccc2[nH]1. The third kappa shape index (κ3) is 2.97. The van der Waals surface area contributed by atoms with Crippen LogP contribution in [-0.4, -0.2) is 16.8 Å². The zero-order valence-electron chi connectivity index (χ0n) is 14.2. The minimum absolute atomic E-state index is 0.0425. The molecule has 0 saturated heterocycles. The second-order valence-electron chi connectivity index (χ2n) is 6.45. The Labute approximate surface area is 149 Å². The first-order valence-electron chi connectivity index (χ1n) is 8.37. The molecular weight excluding hydrogens is 330 g/mol. The Kier molecular flexibility index (Phi) is 3.80. The standard InChI is InChI=1S/C20H17N3O3/c1-11-8-18(24)15-10-14(5-6-16(15)21-11)22-20(26)13-3-2-12-4-7-19(25)23-17(12)9-13/h2-3,5-6,8-10H,4,7H2,1H3,(H,21,24)(H,22,26)(H,23,25). The number of fused-ring (bicyclic) bond motifs is 2. The Balaban J connectivity index is 1.62. The number of aryl methyl sites for hydroxylation is 2. The number of aromatic nitrogens is 1. The van der Waals surface area contributed by atoms with Gasteiger partial charge in [-0.1, -0.05) is 6.07 Å². The van der Waals surface area contributed by atoms with Crippen molar-refractivity contribution < 1.29 is 9.59 Å². The molecule has 0 fully saturated rings. The fourth-order valence-electron chi connectivity index (χ4n) is 3.17. The molecule has 0 unspecified atom stereocenters. The molecule has 26 heavy (non-hydrogen) atoms. The fourth-order valence-corrected chi connectivity index (χ4v) is 3.17. The number of benzene rings is 2. The molecule has 0 bridgehead atoms. The summed E-state index contributed by atoms with van der Waals surface area (Å²) in [5, 5.41) is 6.12. The lowest BCUT2D eigenvalue weighted by molar-refractivity contribution is -0.116. The van der Waals surface area contributed by atoms with Crippen molar-refractivity contribution in [1.29, 1.82) is 0 Å². The molecule has 1 aliphatic rings. The maximum atomic E-state index is 12.5. The van der Waals surface area contributed by atoms with Crippen LogP contribution >= 0.6 is 0 Å². The molecule has 2 aromatic carbocycles. The number of anilines is 2. The number of carbonyl (C=O) groups is 2. The number of amides is 2. The van der Waals surface area contributed by atoms with Crippen molar-refractivity contribution in [3.05, 3.63) is 69.5 Å². The molecule has 2 heterocycles. The number of hydrogen-bond donors (Lipinski definition) is 3. The average Bonchev–Trinajstić information content (AvgIpc) is 2.61. The number of rotatable bonds is 2. The van der Waals surface area contributed by atoms with Crippen LogP contribution in [-0.2, 0) is 11.2 Å². The van der Waals surface area contributed by atoms with Crippen molar-refractivity contribution in [2.45, 2.75) is 19.8 Å². The van der Waals surface area contributed by atoms with Gasteiger partial charge in [0.25, 0.3) is 5.91 Å². The van der Waals surface area contributed by atoms with Crippen LogP contribution in [0.15, 0.2) is 47.3 Å². The van der Waals surface area contributed by atoms with E-state index >= 15 is 0 Å². The Bertz CT molecular complexity index is 1110. The van der Waals surface area contributed by atoms with Crippen LogP contribution in [0.1, 0.15) is 28.0 Å². The number of pyridine rings is 1. The van der Waals surface area contributed by atoms with E-state index in [1.807, 2.05) is 13.0 Å². The van der Waals surface area contributed by atoms with Crippen LogP contribution in [0.3, 0.4) is 0 Å². The minimum Gasteiger partial charge on any atom is -0.358 e. The maximum Gasteiger partial charge on any atom is 0.255 e. The van der Waals surface area contributed by atoms with E-state index in [-0.39, 0.29) is 17.2 Å². The average molecular weight is 347 g/mol. The third-order valence-electron chi connectivity index (χ3n) is 4.49. The summed E-state index contributed by atoms with van der Waals surface area (Å²) < 4.78 is 0. The van der Waals surface area contributed by atoms with Gasteiger partial charge in [0.05, 0.1) is 0 Å². The van der Waals surface area contributed by atoms with Gasteiger partial charge in [-0.05, 0) is 49.2 Å². The van der Waals surface area contributed by atoms with E-state index in [0.717, 1.165) is 16.8 Å². The lowest BCUT2D eigenvalue weighted by atomic mass is 10.0. The first-order valence-corrected chi connectivity index (χ1v) is 8.37. The van der Waals surface area contributed by atoms with Crippen molar-refractivity contribution in [3.8, 4) is 0 Å². The summed E-state index contributed by atoms with van der Waals surface area (Å²) in [6.07, 6.45) is 1.14. The molecule has 6 heteroatoms. The normalized spacial score (nSPS) is 13.2. The highest BCUT2D eigenvalue weighted by molar-refractivity contribution is 6.06. The van der Waals surface area contributed by atoms with Gasteiger partial charge in [0.15, 0.2) is 5.43 Å². The minimum atomic E-state index is -0.296. The van der Waals surface area contributed by atoms with E-state index in [0.29, 0.717) is 35.2 Å². The Morgan fingerprint density at radius 3 is 2.73 bits per heavy atom. The molecule has 0 aliphatic carbocycles. The Hall–Kier alpha value is -3.41. The van der Waals surface area contributed by atoms with Gasteiger partial charge in [0, 0.05) is 46.0 Å². The van der Waals surface area contributed by atoms with E-state index in [2.05, 4.69) is 15.6 Å². The molecular formula is C20H17N3O3. The predicted octanol–water partition coefficient (Wildman–Crippen LogP) is 2.97. The summed E-state index contributed by atoms with van der Waals surface area (Å²) in [6, 6.07) is 12.0. The van der Waals surface area contributed by atoms with E-state index in [1.165, 1.54) is 6.07 Å². The lowest BCUT2D eigenvalue weighted by Gasteiger charge is -2.17. The van der Waals surface area contributed by atoms with Crippen LogP contribution in [0.25, 0.3) is 10.9 Å². The molecule has 1 aromatic heterocycles. The van der Waals surface area contributed by atoms with Crippen molar-refractivity contribution in [3.63, 3.8) is 0 Å². The summed E-state index contributed by atoms with van der Waals surface area (Å²) in [7, 11) is 0. The summed E-state index contributed by atoms with van der Waals surface area (Å²) in [6.45, 7) is 1.82. The molecule has 3 N–H and O–H groups in total. The second kappa shape index (κ2) is 6.15. The third-order valence-corrected chi connectivity index (χ3v) is 4.49. The van der Waals surface area contributed by atoms with Gasteiger partial charge in [0.2, 0.25) is 5.91 Å².